The summed E-state index contributed by atoms with van der Waals surface area (Å²) >= 11 is 0. The molecule has 19 heavy (non-hydrogen) atoms. The van der Waals surface area contributed by atoms with Gasteiger partial charge in [-0.05, 0) is 24.3 Å². The summed E-state index contributed by atoms with van der Waals surface area (Å²) in [6, 6.07) is 14.2. The van der Waals surface area contributed by atoms with Crippen LogP contribution in [0.2, 0.25) is 0 Å². The number of hydrogen-bond donors (Lipinski definition) is 0. The first-order valence-electron chi connectivity index (χ1n) is 5.35. The van der Waals surface area contributed by atoms with E-state index in [1.165, 1.54) is 18.2 Å². The van der Waals surface area contributed by atoms with Gasteiger partial charge in [-0.1, -0.05) is 30.3 Å². The second-order valence-corrected chi connectivity index (χ2v) is 3.51. The van der Waals surface area contributed by atoms with Gasteiger partial charge in [-0.15, -0.1) is 10.1 Å². The number of benzene rings is 2. The van der Waals surface area contributed by atoms with Crippen molar-refractivity contribution in [3.8, 4) is 11.5 Å². The van der Waals surface area contributed by atoms with E-state index >= 15 is 0 Å². The van der Waals surface area contributed by atoms with Gasteiger partial charge in [-0.3, -0.25) is 4.84 Å². The van der Waals surface area contributed by atoms with Gasteiger partial charge in [-0.25, -0.2) is 4.79 Å². The first-order valence-corrected chi connectivity index (χ1v) is 5.35. The summed E-state index contributed by atoms with van der Waals surface area (Å²) in [7, 11) is 0. The van der Waals surface area contributed by atoms with E-state index in [0.717, 1.165) is 0 Å². The average Bonchev–Trinajstić information content (AvgIpc) is 2.39. The molecular formula is C13H9NO5. The van der Waals surface area contributed by atoms with Crippen molar-refractivity contribution >= 4 is 5.97 Å². The van der Waals surface area contributed by atoms with Crippen molar-refractivity contribution in [1.29, 1.82) is 0 Å². The van der Waals surface area contributed by atoms with Crippen molar-refractivity contribution in [3.63, 3.8) is 0 Å². The quantitative estimate of drug-likeness (QED) is 0.365. The fourth-order valence-electron chi connectivity index (χ4n) is 1.45. The predicted molar refractivity (Wildman–Crippen MR) is 65.5 cm³/mol. The van der Waals surface area contributed by atoms with E-state index in [1.54, 1.807) is 36.4 Å². The molecule has 2 aromatic rings. The maximum atomic E-state index is 11.9. The van der Waals surface area contributed by atoms with Crippen molar-refractivity contribution in [2.75, 3.05) is 0 Å². The monoisotopic (exact) mass is 259 g/mol. The molecule has 0 aliphatic heterocycles. The van der Waals surface area contributed by atoms with Gasteiger partial charge in [0.15, 0.2) is 0 Å². The zero-order valence-electron chi connectivity index (χ0n) is 9.68. The van der Waals surface area contributed by atoms with Crippen LogP contribution in [0.1, 0.15) is 10.4 Å². The molecule has 0 atom stereocenters. The van der Waals surface area contributed by atoms with Crippen LogP contribution in [0.3, 0.4) is 0 Å². The maximum Gasteiger partial charge on any atom is 0.345 e. The third-order valence-electron chi connectivity index (χ3n) is 2.23. The fraction of sp³-hybridized carbons (Fsp3) is 0. The van der Waals surface area contributed by atoms with Gasteiger partial charge < -0.3 is 4.74 Å². The van der Waals surface area contributed by atoms with Crippen molar-refractivity contribution in [1.82, 2.24) is 0 Å². The highest BCUT2D eigenvalue weighted by molar-refractivity contribution is 5.93. The number of carbonyl (C=O) groups excluding carboxylic acids is 1. The highest BCUT2D eigenvalue weighted by Crippen LogP contribution is 2.20. The Morgan fingerprint density at radius 3 is 2.32 bits per heavy atom. The number of ether oxygens (including phenoxy) is 1. The summed E-state index contributed by atoms with van der Waals surface area (Å²) in [6.07, 6.45) is 0. The Bertz CT molecular complexity index is 597. The van der Waals surface area contributed by atoms with Crippen molar-refractivity contribution in [3.05, 3.63) is 70.3 Å². The summed E-state index contributed by atoms with van der Waals surface area (Å²) in [6.45, 7) is 0. The molecule has 0 heterocycles. The Balaban J connectivity index is 2.21. The normalized spacial score (nSPS) is 9.68. The first-order chi connectivity index (χ1) is 9.16. The molecule has 0 saturated heterocycles. The van der Waals surface area contributed by atoms with E-state index in [2.05, 4.69) is 4.84 Å². The number of esters is 1. The van der Waals surface area contributed by atoms with Crippen LogP contribution in [0.15, 0.2) is 54.6 Å². The SMILES string of the molecule is O=C(Oc1ccccc1)c1ccccc1O[N+](=O)[O-]. The van der Waals surface area contributed by atoms with Gasteiger partial charge in [0.05, 0.1) is 5.56 Å². The number of hydrogen-bond acceptors (Lipinski definition) is 5. The summed E-state index contributed by atoms with van der Waals surface area (Å²) in [5.41, 5.74) is -0.0111. The zero-order chi connectivity index (χ0) is 13.7. The van der Waals surface area contributed by atoms with Gasteiger partial charge in [0.1, 0.15) is 11.5 Å². The molecule has 0 spiro atoms. The second-order valence-electron chi connectivity index (χ2n) is 3.51. The lowest BCUT2D eigenvalue weighted by molar-refractivity contribution is -0.711. The molecule has 0 fully saturated rings. The highest BCUT2D eigenvalue weighted by atomic mass is 17.0. The summed E-state index contributed by atoms with van der Waals surface area (Å²) in [4.78, 5) is 26.6. The van der Waals surface area contributed by atoms with Gasteiger partial charge in [0.2, 0.25) is 0 Å². The highest BCUT2D eigenvalue weighted by Gasteiger charge is 2.15. The Morgan fingerprint density at radius 2 is 1.63 bits per heavy atom. The molecule has 6 nitrogen and oxygen atoms in total. The number of carbonyl (C=O) groups is 1. The van der Waals surface area contributed by atoms with Gasteiger partial charge >= 0.3 is 5.97 Å². The van der Waals surface area contributed by atoms with Crippen LogP contribution in [0.4, 0.5) is 0 Å². The molecule has 2 rings (SSSR count). The topological polar surface area (TPSA) is 78.7 Å². The first kappa shape index (κ1) is 12.6. The van der Waals surface area contributed by atoms with Gasteiger partial charge in [-0.2, -0.15) is 0 Å². The van der Waals surface area contributed by atoms with Crippen LogP contribution in [-0.2, 0) is 0 Å². The molecule has 96 valence electrons. The van der Waals surface area contributed by atoms with Crippen molar-refractivity contribution in [2.45, 2.75) is 0 Å². The van der Waals surface area contributed by atoms with Crippen molar-refractivity contribution < 1.29 is 19.5 Å². The Morgan fingerprint density at radius 1 is 1.00 bits per heavy atom. The Kier molecular flexibility index (Phi) is 3.72. The van der Waals surface area contributed by atoms with Gasteiger partial charge in [0.25, 0.3) is 5.09 Å². The number of para-hydroxylation sites is 2. The molecular weight excluding hydrogens is 250 g/mol. The molecule has 0 aliphatic carbocycles. The van der Waals surface area contributed by atoms with Crippen LogP contribution in [0.25, 0.3) is 0 Å². The van der Waals surface area contributed by atoms with E-state index in [1.807, 2.05) is 0 Å². The maximum absolute atomic E-state index is 11.9. The fourth-order valence-corrected chi connectivity index (χ4v) is 1.45. The third-order valence-corrected chi connectivity index (χ3v) is 2.23. The summed E-state index contributed by atoms with van der Waals surface area (Å²) < 4.78 is 5.08. The molecule has 0 bridgehead atoms. The third kappa shape index (κ3) is 3.29. The minimum absolute atomic E-state index is 0.0111. The summed E-state index contributed by atoms with van der Waals surface area (Å²) in [5.74, 6) is -0.527. The van der Waals surface area contributed by atoms with Crippen LogP contribution in [-0.4, -0.2) is 11.1 Å². The molecule has 0 saturated carbocycles. The van der Waals surface area contributed by atoms with Gasteiger partial charge in [0, 0.05) is 0 Å². The molecule has 0 radical (unpaired) electrons. The molecule has 0 unspecified atom stereocenters. The Hall–Kier alpha value is -2.89. The minimum Gasteiger partial charge on any atom is -0.423 e. The van der Waals surface area contributed by atoms with E-state index in [-0.39, 0.29) is 11.3 Å². The molecule has 6 heteroatoms. The smallest absolute Gasteiger partial charge is 0.345 e. The van der Waals surface area contributed by atoms with Crippen LogP contribution in [0.5, 0.6) is 11.5 Å². The average molecular weight is 259 g/mol. The van der Waals surface area contributed by atoms with E-state index in [4.69, 9.17) is 4.74 Å². The van der Waals surface area contributed by atoms with Crippen LogP contribution < -0.4 is 9.57 Å². The molecule has 0 aromatic heterocycles. The predicted octanol–water partition coefficient (Wildman–Crippen LogP) is 2.48. The lowest BCUT2D eigenvalue weighted by atomic mass is 10.2. The molecule has 0 N–H and O–H groups in total. The summed E-state index contributed by atoms with van der Waals surface area (Å²) in [5, 5.41) is 9.36. The number of rotatable bonds is 4. The van der Waals surface area contributed by atoms with Crippen molar-refractivity contribution in [2.24, 2.45) is 0 Å². The molecule has 2 aromatic carbocycles. The second kappa shape index (κ2) is 5.63. The minimum atomic E-state index is -0.978. The largest absolute Gasteiger partial charge is 0.423 e. The van der Waals surface area contributed by atoms with E-state index < -0.39 is 11.1 Å². The Labute approximate surface area is 108 Å². The lowest BCUT2D eigenvalue weighted by Gasteiger charge is -2.07. The van der Waals surface area contributed by atoms with E-state index in [0.29, 0.717) is 5.75 Å². The standard InChI is InChI=1S/C13H9NO5/c15-13(18-10-6-2-1-3-7-10)11-8-4-5-9-12(11)19-14(16)17/h1-9H. The van der Waals surface area contributed by atoms with E-state index in [9.17, 15) is 14.9 Å². The number of nitrogens with zero attached hydrogens (tertiary/aromatic N) is 1. The van der Waals surface area contributed by atoms with Crippen LogP contribution in [0, 0.1) is 10.1 Å². The molecule has 0 amide bonds. The molecule has 0 aliphatic rings. The zero-order valence-corrected chi connectivity index (χ0v) is 9.68. The lowest BCUT2D eigenvalue weighted by Crippen LogP contribution is -2.13. The van der Waals surface area contributed by atoms with Crippen LogP contribution >= 0.6 is 0 Å².